The molecule has 1 heterocycles. The van der Waals surface area contributed by atoms with Crippen LogP contribution < -0.4 is 10.0 Å². The molecule has 2 atom stereocenters. The van der Waals surface area contributed by atoms with E-state index in [2.05, 4.69) is 4.74 Å². The zero-order valence-corrected chi connectivity index (χ0v) is 15.6. The maximum atomic E-state index is 14.5. The van der Waals surface area contributed by atoms with Crippen molar-refractivity contribution in [2.75, 3.05) is 19.8 Å². The van der Waals surface area contributed by atoms with Crippen molar-refractivity contribution in [2.45, 2.75) is 37.0 Å². The van der Waals surface area contributed by atoms with Gasteiger partial charge < -0.3 is 19.7 Å². The highest BCUT2D eigenvalue weighted by molar-refractivity contribution is 7.89. The van der Waals surface area contributed by atoms with E-state index in [1.165, 1.54) is 20.9 Å². The Morgan fingerprint density at radius 3 is 2.48 bits per heavy atom. The average Bonchev–Trinajstić information content (AvgIpc) is 2.85. The number of rotatable bonds is 9. The summed E-state index contributed by atoms with van der Waals surface area (Å²) >= 11 is 0. The molecule has 0 spiro atoms. The molecule has 3 N–H and O–H groups in total. The third-order valence-corrected chi connectivity index (χ3v) is 5.05. The molecule has 0 bridgehead atoms. The van der Waals surface area contributed by atoms with Gasteiger partial charge in [0.1, 0.15) is 4.90 Å². The summed E-state index contributed by atoms with van der Waals surface area (Å²) in [6, 6.07) is -2.49. The van der Waals surface area contributed by atoms with E-state index in [0.29, 0.717) is 0 Å². The van der Waals surface area contributed by atoms with Gasteiger partial charge in [0.25, 0.3) is 0 Å². The van der Waals surface area contributed by atoms with Crippen LogP contribution in [0.25, 0.3) is 0 Å². The van der Waals surface area contributed by atoms with Gasteiger partial charge in [-0.1, -0.05) is 0 Å². The quantitative estimate of drug-likeness (QED) is 0.398. The number of carbonyl (C=O) groups is 1. The number of nitrogens with one attached hydrogen (secondary N) is 2. The third kappa shape index (κ3) is 6.16. The maximum Gasteiger partial charge on any atom is 0.401 e. The van der Waals surface area contributed by atoms with Gasteiger partial charge in [-0.25, -0.2) is 22.3 Å². The van der Waals surface area contributed by atoms with Crippen LogP contribution in [0.5, 0.6) is 0 Å². The summed E-state index contributed by atoms with van der Waals surface area (Å²) < 4.78 is 83.5. The van der Waals surface area contributed by atoms with Gasteiger partial charge >= 0.3 is 12.1 Å². The van der Waals surface area contributed by atoms with Crippen LogP contribution in [0.2, 0.25) is 0 Å². The molecule has 8 nitrogen and oxygen atoms in total. The molecule has 27 heavy (non-hydrogen) atoms. The van der Waals surface area contributed by atoms with E-state index < -0.39 is 63.8 Å². The van der Waals surface area contributed by atoms with Gasteiger partial charge in [0.05, 0.1) is 25.8 Å². The highest BCUT2D eigenvalue weighted by Crippen LogP contribution is 2.21. The lowest BCUT2D eigenvalue weighted by Gasteiger charge is -2.24. The smallest absolute Gasteiger partial charge is 0.401 e. The lowest BCUT2D eigenvalue weighted by molar-refractivity contribution is -0.126. The highest BCUT2D eigenvalue weighted by Gasteiger charge is 2.33. The number of aliphatic hydroxyl groups is 1. The molecule has 2 unspecified atom stereocenters. The van der Waals surface area contributed by atoms with E-state index in [1.54, 1.807) is 0 Å². The van der Waals surface area contributed by atoms with E-state index in [-0.39, 0.29) is 6.61 Å². The lowest BCUT2D eigenvalue weighted by atomic mass is 10.2. The van der Waals surface area contributed by atoms with Crippen molar-refractivity contribution in [1.82, 2.24) is 14.6 Å². The summed E-state index contributed by atoms with van der Waals surface area (Å²) in [5.74, 6) is -2.44. The van der Waals surface area contributed by atoms with Crippen molar-refractivity contribution in [3.63, 3.8) is 0 Å². The predicted octanol–water partition coefficient (Wildman–Crippen LogP) is 0.520. The van der Waals surface area contributed by atoms with Gasteiger partial charge in [-0.05, 0) is 13.8 Å². The second-order valence-corrected chi connectivity index (χ2v) is 7.36. The normalized spacial score (nSPS) is 14.8. The fraction of sp³-hybridized carbons (Fsp3) is 0.643. The van der Waals surface area contributed by atoms with Crippen LogP contribution in [0, 0.1) is 5.82 Å². The molecule has 0 aliphatic heterocycles. The Balaban J connectivity index is 3.06. The Morgan fingerprint density at radius 2 is 2.00 bits per heavy atom. The molecule has 0 saturated heterocycles. The number of aromatic nitrogens is 1. The number of hydrogen-bond donors (Lipinski definition) is 3. The van der Waals surface area contributed by atoms with Gasteiger partial charge in [-0.3, -0.25) is 0 Å². The molecule has 0 aliphatic carbocycles. The van der Waals surface area contributed by atoms with E-state index in [0.717, 1.165) is 10.8 Å². The Hall–Kier alpha value is -1.70. The molecule has 1 rings (SSSR count). The van der Waals surface area contributed by atoms with E-state index >= 15 is 0 Å². The first-order valence-electron chi connectivity index (χ1n) is 7.79. The van der Waals surface area contributed by atoms with Gasteiger partial charge in [-0.15, -0.1) is 0 Å². The van der Waals surface area contributed by atoms with E-state index in [4.69, 9.17) is 0 Å². The summed E-state index contributed by atoms with van der Waals surface area (Å²) in [5, 5.41) is 11.3. The SMILES string of the molecule is CCOC(=O)c1c(F)c(S(=O)(=O)NC(CO)C(C)NCC(F)(F)F)cn1C. The number of aryl methyl sites for hydroxylation is 1. The minimum Gasteiger partial charge on any atom is -0.461 e. The topological polar surface area (TPSA) is 110 Å². The zero-order chi connectivity index (χ0) is 21.0. The van der Waals surface area contributed by atoms with Crippen LogP contribution in [-0.4, -0.2) is 62.1 Å². The van der Waals surface area contributed by atoms with Crippen LogP contribution in [0.3, 0.4) is 0 Å². The highest BCUT2D eigenvalue weighted by atomic mass is 32.2. The first-order valence-corrected chi connectivity index (χ1v) is 9.27. The molecular formula is C14H21F4N3O5S. The fourth-order valence-electron chi connectivity index (χ4n) is 2.17. The molecule has 0 radical (unpaired) electrons. The van der Waals surface area contributed by atoms with Crippen LogP contribution >= 0.6 is 0 Å². The predicted molar refractivity (Wildman–Crippen MR) is 86.0 cm³/mol. The van der Waals surface area contributed by atoms with Crippen molar-refractivity contribution in [2.24, 2.45) is 7.05 Å². The second kappa shape index (κ2) is 8.99. The number of ether oxygens (including phenoxy) is 1. The number of esters is 1. The largest absolute Gasteiger partial charge is 0.461 e. The lowest BCUT2D eigenvalue weighted by Crippen LogP contribution is -2.52. The van der Waals surface area contributed by atoms with Gasteiger partial charge in [-0.2, -0.15) is 13.2 Å². The first-order chi connectivity index (χ1) is 12.3. The molecule has 1 aromatic rings. The summed E-state index contributed by atoms with van der Waals surface area (Å²) in [6.07, 6.45) is -3.71. The Labute approximate surface area is 153 Å². The number of hydrogen-bond acceptors (Lipinski definition) is 6. The van der Waals surface area contributed by atoms with Crippen LogP contribution in [0.4, 0.5) is 17.6 Å². The molecule has 0 saturated carbocycles. The minimum absolute atomic E-state index is 0.0568. The molecule has 0 aromatic carbocycles. The van der Waals surface area contributed by atoms with Gasteiger partial charge in [0.2, 0.25) is 10.0 Å². The Kier molecular flexibility index (Phi) is 7.77. The van der Waals surface area contributed by atoms with Crippen molar-refractivity contribution in [3.8, 4) is 0 Å². The van der Waals surface area contributed by atoms with Gasteiger partial charge in [0.15, 0.2) is 11.5 Å². The zero-order valence-electron chi connectivity index (χ0n) is 14.8. The standard InChI is InChI=1S/C14H21F4N3O5S/c1-4-26-13(23)12-11(15)10(5-21(12)3)27(24,25)20-9(6-22)8(2)19-7-14(16,17)18/h5,8-9,19-20,22H,4,6-7H2,1-3H3. The maximum absolute atomic E-state index is 14.5. The number of sulfonamides is 1. The number of aliphatic hydroxyl groups excluding tert-OH is 1. The van der Waals surface area contributed by atoms with Crippen molar-refractivity contribution in [3.05, 3.63) is 17.7 Å². The van der Waals surface area contributed by atoms with Gasteiger partial charge in [0, 0.05) is 19.3 Å². The Bertz CT molecular complexity index is 764. The molecule has 0 amide bonds. The third-order valence-electron chi connectivity index (χ3n) is 3.58. The summed E-state index contributed by atoms with van der Waals surface area (Å²) in [5.41, 5.74) is -0.624. The number of nitrogens with zero attached hydrogens (tertiary/aromatic N) is 1. The summed E-state index contributed by atoms with van der Waals surface area (Å²) in [7, 11) is -3.36. The number of alkyl halides is 3. The molecular weight excluding hydrogens is 398 g/mol. The molecule has 0 aliphatic rings. The summed E-state index contributed by atoms with van der Waals surface area (Å²) in [6.45, 7) is 0.405. The van der Waals surface area contributed by atoms with Crippen LogP contribution in [0.15, 0.2) is 11.1 Å². The molecule has 1 aromatic heterocycles. The van der Waals surface area contributed by atoms with Crippen molar-refractivity contribution in [1.29, 1.82) is 0 Å². The average molecular weight is 419 g/mol. The first kappa shape index (κ1) is 23.3. The summed E-state index contributed by atoms with van der Waals surface area (Å²) in [4.78, 5) is 10.8. The van der Waals surface area contributed by atoms with Crippen LogP contribution in [-0.2, 0) is 21.8 Å². The minimum atomic E-state index is -4.59. The fourth-order valence-corrected chi connectivity index (χ4v) is 3.60. The van der Waals surface area contributed by atoms with Crippen molar-refractivity contribution >= 4 is 16.0 Å². The second-order valence-electron chi connectivity index (χ2n) is 5.68. The van der Waals surface area contributed by atoms with Crippen LogP contribution in [0.1, 0.15) is 24.3 Å². The van der Waals surface area contributed by atoms with E-state index in [9.17, 15) is 35.9 Å². The molecule has 13 heteroatoms. The molecule has 0 fully saturated rings. The van der Waals surface area contributed by atoms with Crippen molar-refractivity contribution < 1.29 is 40.6 Å². The van der Waals surface area contributed by atoms with E-state index in [1.807, 2.05) is 10.0 Å². The number of carbonyl (C=O) groups excluding carboxylic acids is 1. The number of halogens is 4. The molecule has 156 valence electrons. The Morgan fingerprint density at radius 1 is 1.41 bits per heavy atom. The monoisotopic (exact) mass is 419 g/mol.